The fourth-order valence-electron chi connectivity index (χ4n) is 3.11. The van der Waals surface area contributed by atoms with Crippen LogP contribution in [0.1, 0.15) is 25.5 Å². The van der Waals surface area contributed by atoms with E-state index >= 15 is 0 Å². The predicted octanol–water partition coefficient (Wildman–Crippen LogP) is 1.90. The quantitative estimate of drug-likeness (QED) is 0.815. The van der Waals surface area contributed by atoms with Crippen LogP contribution in [0.4, 0.5) is 15.0 Å². The second-order valence-electron chi connectivity index (χ2n) is 6.51. The van der Waals surface area contributed by atoms with Crippen molar-refractivity contribution in [3.63, 3.8) is 0 Å². The lowest BCUT2D eigenvalue weighted by atomic mass is 10.1. The van der Waals surface area contributed by atoms with E-state index in [-0.39, 0.29) is 23.4 Å². The number of rotatable bonds is 5. The van der Waals surface area contributed by atoms with Crippen LogP contribution in [0.5, 0.6) is 5.75 Å². The molecule has 0 saturated carbocycles. The van der Waals surface area contributed by atoms with Crippen LogP contribution in [-0.4, -0.2) is 53.7 Å². The number of nitrogens with one attached hydrogen (secondary N) is 2. The van der Waals surface area contributed by atoms with Crippen molar-refractivity contribution in [1.29, 1.82) is 0 Å². The van der Waals surface area contributed by atoms with Gasteiger partial charge in [0.2, 0.25) is 0 Å². The molecule has 150 valence electrons. The Hall–Kier alpha value is -3.10. The van der Waals surface area contributed by atoms with Crippen LogP contribution in [0, 0.1) is 5.82 Å². The molecule has 0 bridgehead atoms. The summed E-state index contributed by atoms with van der Waals surface area (Å²) in [5, 5.41) is 2.89. The third kappa shape index (κ3) is 4.41. The van der Waals surface area contributed by atoms with Gasteiger partial charge in [0, 0.05) is 38.6 Å². The molecule has 8 nitrogen and oxygen atoms in total. The number of piperazine rings is 1. The lowest BCUT2D eigenvalue weighted by Gasteiger charge is -2.35. The minimum atomic E-state index is -0.449. The Bertz CT molecular complexity index is 880. The molecule has 1 fully saturated rings. The van der Waals surface area contributed by atoms with Gasteiger partial charge in [-0.25, -0.2) is 14.2 Å². The highest BCUT2D eigenvalue weighted by Gasteiger charge is 2.24. The summed E-state index contributed by atoms with van der Waals surface area (Å²) in [6.07, 6.45) is 3.02. The summed E-state index contributed by atoms with van der Waals surface area (Å²) < 4.78 is 19.2. The maximum atomic E-state index is 14.0. The third-order valence-electron chi connectivity index (χ3n) is 4.65. The Morgan fingerprint density at radius 2 is 2.11 bits per heavy atom. The molecule has 1 atom stereocenters. The molecule has 1 aromatic carbocycles. The highest BCUT2D eigenvalue weighted by molar-refractivity contribution is 5.75. The molecular weight excluding hydrogens is 365 g/mol. The molecular formula is C19H24FN5O3. The number of amides is 2. The van der Waals surface area contributed by atoms with Gasteiger partial charge in [-0.3, -0.25) is 4.79 Å². The van der Waals surface area contributed by atoms with Crippen LogP contribution in [0.3, 0.4) is 0 Å². The van der Waals surface area contributed by atoms with Gasteiger partial charge >= 0.3 is 6.03 Å². The summed E-state index contributed by atoms with van der Waals surface area (Å²) in [7, 11) is 0. The normalized spacial score (nSPS) is 15.2. The van der Waals surface area contributed by atoms with E-state index in [1.807, 2.05) is 4.90 Å². The van der Waals surface area contributed by atoms with Crippen molar-refractivity contribution in [1.82, 2.24) is 20.2 Å². The number of ether oxygens (including phenoxy) is 1. The van der Waals surface area contributed by atoms with Crippen LogP contribution in [0.2, 0.25) is 0 Å². The van der Waals surface area contributed by atoms with E-state index in [9.17, 15) is 14.0 Å². The molecule has 2 amide bonds. The van der Waals surface area contributed by atoms with Crippen molar-refractivity contribution in [3.8, 4) is 5.75 Å². The van der Waals surface area contributed by atoms with Crippen molar-refractivity contribution in [2.45, 2.75) is 19.9 Å². The van der Waals surface area contributed by atoms with Gasteiger partial charge in [-0.05, 0) is 31.5 Å². The first kappa shape index (κ1) is 19.7. The summed E-state index contributed by atoms with van der Waals surface area (Å²) in [6, 6.07) is 4.11. The van der Waals surface area contributed by atoms with Crippen LogP contribution in [0.15, 0.2) is 35.4 Å². The number of anilines is 1. The van der Waals surface area contributed by atoms with Crippen molar-refractivity contribution >= 4 is 11.8 Å². The van der Waals surface area contributed by atoms with Crippen LogP contribution in [0.25, 0.3) is 0 Å². The zero-order chi connectivity index (χ0) is 20.1. The molecule has 1 aliphatic heterocycles. The third-order valence-corrected chi connectivity index (χ3v) is 4.65. The van der Waals surface area contributed by atoms with Crippen LogP contribution in [-0.2, 0) is 0 Å². The highest BCUT2D eigenvalue weighted by atomic mass is 19.1. The Labute approximate surface area is 162 Å². The molecule has 1 aliphatic rings. The number of aromatic nitrogens is 2. The Kier molecular flexibility index (Phi) is 6.13. The monoisotopic (exact) mass is 389 g/mol. The summed E-state index contributed by atoms with van der Waals surface area (Å²) in [4.78, 5) is 34.6. The van der Waals surface area contributed by atoms with Gasteiger partial charge in [0.25, 0.3) is 5.56 Å². The second-order valence-corrected chi connectivity index (χ2v) is 6.51. The van der Waals surface area contributed by atoms with Gasteiger partial charge in [-0.1, -0.05) is 6.07 Å². The SMILES string of the molecule is CCOc1ccc([C@H](C)NC(=O)N2CCN(c3ncc[nH]c3=O)CC2)cc1F. The Morgan fingerprint density at radius 3 is 2.75 bits per heavy atom. The standard InChI is InChI=1S/C19H24FN5O3/c1-3-28-16-5-4-14(12-15(16)20)13(2)23-19(27)25-10-8-24(9-11-25)17-18(26)22-7-6-21-17/h4-7,12-13H,3,8-11H2,1-2H3,(H,22,26)(H,23,27)/t13-/m0/s1. The maximum Gasteiger partial charge on any atom is 0.317 e. The van der Waals surface area contributed by atoms with E-state index in [0.29, 0.717) is 44.2 Å². The molecule has 0 unspecified atom stereocenters. The number of aromatic amines is 1. The summed E-state index contributed by atoms with van der Waals surface area (Å²) in [5.74, 6) is 0.112. The van der Waals surface area contributed by atoms with Crippen molar-refractivity contribution in [2.24, 2.45) is 0 Å². The Morgan fingerprint density at radius 1 is 1.36 bits per heavy atom. The van der Waals surface area contributed by atoms with Gasteiger partial charge < -0.3 is 24.8 Å². The molecule has 3 rings (SSSR count). The molecule has 2 aromatic rings. The predicted molar refractivity (Wildman–Crippen MR) is 103 cm³/mol. The van der Waals surface area contributed by atoms with Crippen molar-refractivity contribution < 1.29 is 13.9 Å². The van der Waals surface area contributed by atoms with Gasteiger partial charge in [0.15, 0.2) is 17.4 Å². The first-order valence-electron chi connectivity index (χ1n) is 9.26. The fourth-order valence-corrected chi connectivity index (χ4v) is 3.11. The number of benzene rings is 1. The number of nitrogens with zero attached hydrogens (tertiary/aromatic N) is 3. The Balaban J connectivity index is 1.56. The average Bonchev–Trinajstić information content (AvgIpc) is 2.70. The van der Waals surface area contributed by atoms with Crippen molar-refractivity contribution in [2.75, 3.05) is 37.7 Å². The molecule has 1 saturated heterocycles. The topological polar surface area (TPSA) is 90.6 Å². The molecule has 0 radical (unpaired) electrons. The molecule has 2 heterocycles. The van der Waals surface area contributed by atoms with E-state index in [1.54, 1.807) is 30.9 Å². The van der Waals surface area contributed by atoms with Gasteiger partial charge in [-0.15, -0.1) is 0 Å². The number of H-pyrrole nitrogens is 1. The lowest BCUT2D eigenvalue weighted by molar-refractivity contribution is 0.191. The fraction of sp³-hybridized carbons (Fsp3) is 0.421. The number of hydrogen-bond acceptors (Lipinski definition) is 5. The first-order valence-corrected chi connectivity index (χ1v) is 9.26. The minimum Gasteiger partial charge on any atom is -0.491 e. The first-order chi connectivity index (χ1) is 13.5. The molecule has 0 spiro atoms. The van der Waals surface area contributed by atoms with E-state index in [0.717, 1.165) is 0 Å². The number of halogens is 1. The van der Waals surface area contributed by atoms with E-state index in [1.165, 1.54) is 18.5 Å². The molecule has 2 N–H and O–H groups in total. The summed E-state index contributed by atoms with van der Waals surface area (Å²) in [5.41, 5.74) is 0.416. The molecule has 9 heteroatoms. The highest BCUT2D eigenvalue weighted by Crippen LogP contribution is 2.22. The molecule has 0 aliphatic carbocycles. The number of carbonyl (C=O) groups excluding carboxylic acids is 1. The smallest absolute Gasteiger partial charge is 0.317 e. The van der Waals surface area contributed by atoms with E-state index in [4.69, 9.17) is 4.74 Å². The minimum absolute atomic E-state index is 0.199. The zero-order valence-corrected chi connectivity index (χ0v) is 15.9. The van der Waals surface area contributed by atoms with Crippen LogP contribution >= 0.6 is 0 Å². The lowest BCUT2D eigenvalue weighted by Crippen LogP contribution is -2.53. The van der Waals surface area contributed by atoms with E-state index < -0.39 is 5.82 Å². The van der Waals surface area contributed by atoms with Gasteiger partial charge in [0.05, 0.1) is 12.6 Å². The molecule has 1 aromatic heterocycles. The van der Waals surface area contributed by atoms with Crippen molar-refractivity contribution in [3.05, 3.63) is 52.3 Å². The van der Waals surface area contributed by atoms with E-state index in [2.05, 4.69) is 15.3 Å². The van der Waals surface area contributed by atoms with Gasteiger partial charge in [0.1, 0.15) is 0 Å². The van der Waals surface area contributed by atoms with Gasteiger partial charge in [-0.2, -0.15) is 0 Å². The summed E-state index contributed by atoms with van der Waals surface area (Å²) >= 11 is 0. The summed E-state index contributed by atoms with van der Waals surface area (Å²) in [6.45, 7) is 5.94. The number of carbonyl (C=O) groups is 1. The maximum absolute atomic E-state index is 14.0. The zero-order valence-electron chi connectivity index (χ0n) is 15.9. The largest absolute Gasteiger partial charge is 0.491 e. The number of urea groups is 1. The average molecular weight is 389 g/mol. The second kappa shape index (κ2) is 8.73. The number of hydrogen-bond donors (Lipinski definition) is 2. The van der Waals surface area contributed by atoms with Crippen LogP contribution < -0.4 is 20.5 Å². The molecule has 28 heavy (non-hydrogen) atoms.